The minimum atomic E-state index is -1.04. The first kappa shape index (κ1) is 12.3. The second-order valence-electron chi connectivity index (χ2n) is 4.94. The Morgan fingerprint density at radius 1 is 1.20 bits per heavy atom. The third-order valence-electron chi connectivity index (χ3n) is 1.98. The van der Waals surface area contributed by atoms with Crippen LogP contribution in [0.25, 0.3) is 0 Å². The summed E-state index contributed by atoms with van der Waals surface area (Å²) in [6.45, 7) is 7.43. The molecule has 0 aliphatic heterocycles. The molecule has 0 unspecified atom stereocenters. The van der Waals surface area contributed by atoms with Gasteiger partial charge < -0.3 is 9.47 Å². The van der Waals surface area contributed by atoms with Crippen molar-refractivity contribution in [2.24, 2.45) is 0 Å². The molecule has 0 spiro atoms. The van der Waals surface area contributed by atoms with E-state index in [0.717, 1.165) is 5.75 Å². The molecule has 0 radical (unpaired) electrons. The van der Waals surface area contributed by atoms with E-state index in [1.165, 1.54) is 11.6 Å². The Kier molecular flexibility index (Phi) is 4.36. The van der Waals surface area contributed by atoms with Crippen molar-refractivity contribution in [2.75, 3.05) is 13.9 Å². The van der Waals surface area contributed by atoms with Crippen LogP contribution in [0.1, 0.15) is 5.56 Å². The monoisotopic (exact) mass is 224 g/mol. The zero-order valence-corrected chi connectivity index (χ0v) is 11.0. The molecule has 15 heavy (non-hydrogen) atoms. The van der Waals surface area contributed by atoms with Crippen LogP contribution in [0.3, 0.4) is 0 Å². The molecule has 84 valence electrons. The second-order valence-corrected chi connectivity index (χ2v) is 10.4. The predicted molar refractivity (Wildman–Crippen MR) is 66.0 cm³/mol. The maximum Gasteiger partial charge on any atom is 0.188 e. The highest BCUT2D eigenvalue weighted by molar-refractivity contribution is 6.75. The molecule has 0 saturated carbocycles. The van der Waals surface area contributed by atoms with E-state index in [2.05, 4.69) is 31.8 Å². The molecule has 0 fully saturated rings. The Hall–Kier alpha value is -0.803. The van der Waals surface area contributed by atoms with Crippen LogP contribution in [0.5, 0.6) is 5.75 Å². The summed E-state index contributed by atoms with van der Waals surface area (Å²) in [7, 11) is 0.592. The van der Waals surface area contributed by atoms with Gasteiger partial charge in [-0.3, -0.25) is 0 Å². The van der Waals surface area contributed by atoms with Crippen molar-refractivity contribution in [2.45, 2.75) is 25.7 Å². The summed E-state index contributed by atoms with van der Waals surface area (Å²) in [6.07, 6.45) is 0. The zero-order chi connectivity index (χ0) is 11.3. The van der Waals surface area contributed by atoms with Gasteiger partial charge in [-0.1, -0.05) is 31.8 Å². The van der Waals surface area contributed by atoms with Crippen LogP contribution in [-0.4, -0.2) is 22.0 Å². The standard InChI is InChI=1S/C12H20O2Si/c1-13-10-14-12-7-5-6-11(8-12)9-15(2,3)4/h5-8H,9-10H2,1-4H3. The third kappa shape index (κ3) is 5.00. The lowest BCUT2D eigenvalue weighted by molar-refractivity contribution is 0.0511. The van der Waals surface area contributed by atoms with Crippen LogP contribution >= 0.6 is 0 Å². The Bertz CT molecular complexity index is 305. The van der Waals surface area contributed by atoms with Crippen LogP contribution in [0, 0.1) is 0 Å². The average Bonchev–Trinajstić information content (AvgIpc) is 2.12. The highest BCUT2D eigenvalue weighted by Crippen LogP contribution is 2.17. The lowest BCUT2D eigenvalue weighted by Crippen LogP contribution is -2.23. The second kappa shape index (κ2) is 5.33. The molecule has 3 heteroatoms. The van der Waals surface area contributed by atoms with Gasteiger partial charge in [0.25, 0.3) is 0 Å². The molecule has 0 heterocycles. The molecule has 0 aliphatic carbocycles. The minimum absolute atomic E-state index is 0.316. The van der Waals surface area contributed by atoms with Crippen LogP contribution in [0.2, 0.25) is 19.6 Å². The molecule has 0 atom stereocenters. The van der Waals surface area contributed by atoms with Gasteiger partial charge in [0.2, 0.25) is 0 Å². The van der Waals surface area contributed by atoms with Crippen molar-refractivity contribution in [3.8, 4) is 5.75 Å². The summed E-state index contributed by atoms with van der Waals surface area (Å²) in [4.78, 5) is 0. The van der Waals surface area contributed by atoms with E-state index < -0.39 is 8.07 Å². The lowest BCUT2D eigenvalue weighted by Gasteiger charge is -2.16. The van der Waals surface area contributed by atoms with E-state index in [0.29, 0.717) is 6.79 Å². The summed E-state index contributed by atoms with van der Waals surface area (Å²) in [6, 6.07) is 9.47. The Morgan fingerprint density at radius 2 is 1.93 bits per heavy atom. The van der Waals surface area contributed by atoms with E-state index in [4.69, 9.17) is 9.47 Å². The molecular formula is C12H20O2Si. The lowest BCUT2D eigenvalue weighted by atomic mass is 10.2. The van der Waals surface area contributed by atoms with Gasteiger partial charge in [-0.15, -0.1) is 0 Å². The van der Waals surface area contributed by atoms with Crippen molar-refractivity contribution < 1.29 is 9.47 Å². The van der Waals surface area contributed by atoms with E-state index in [9.17, 15) is 0 Å². The largest absolute Gasteiger partial charge is 0.468 e. The molecule has 1 aromatic rings. The van der Waals surface area contributed by atoms with E-state index in [1.54, 1.807) is 7.11 Å². The highest BCUT2D eigenvalue weighted by Gasteiger charge is 2.13. The summed E-state index contributed by atoms with van der Waals surface area (Å²) in [5.74, 6) is 0.896. The molecular weight excluding hydrogens is 204 g/mol. The summed E-state index contributed by atoms with van der Waals surface area (Å²) in [5, 5.41) is 0. The molecule has 1 aromatic carbocycles. The third-order valence-corrected chi connectivity index (χ3v) is 3.45. The molecule has 0 bridgehead atoms. The van der Waals surface area contributed by atoms with Gasteiger partial charge in [0.05, 0.1) is 0 Å². The fourth-order valence-corrected chi connectivity index (χ4v) is 2.93. The van der Waals surface area contributed by atoms with Gasteiger partial charge in [0.15, 0.2) is 6.79 Å². The highest BCUT2D eigenvalue weighted by atomic mass is 28.3. The van der Waals surface area contributed by atoms with Crippen LogP contribution in [-0.2, 0) is 10.8 Å². The van der Waals surface area contributed by atoms with Crippen molar-refractivity contribution >= 4 is 8.07 Å². The van der Waals surface area contributed by atoms with Crippen molar-refractivity contribution in [1.29, 1.82) is 0 Å². The van der Waals surface area contributed by atoms with Crippen molar-refractivity contribution in [1.82, 2.24) is 0 Å². The smallest absolute Gasteiger partial charge is 0.188 e. The van der Waals surface area contributed by atoms with Gasteiger partial charge in [-0.05, 0) is 23.7 Å². The summed E-state index contributed by atoms with van der Waals surface area (Å²) < 4.78 is 10.3. The van der Waals surface area contributed by atoms with Gasteiger partial charge in [-0.25, -0.2) is 0 Å². The molecule has 0 N–H and O–H groups in total. The fraction of sp³-hybridized carbons (Fsp3) is 0.500. The van der Waals surface area contributed by atoms with Crippen molar-refractivity contribution in [3.05, 3.63) is 29.8 Å². The van der Waals surface area contributed by atoms with Crippen molar-refractivity contribution in [3.63, 3.8) is 0 Å². The first-order valence-electron chi connectivity index (χ1n) is 5.22. The Labute approximate surface area is 93.2 Å². The van der Waals surface area contributed by atoms with Gasteiger partial charge in [-0.2, -0.15) is 0 Å². The number of hydrogen-bond acceptors (Lipinski definition) is 2. The SMILES string of the molecule is COCOc1cccc(C[Si](C)(C)C)c1. The minimum Gasteiger partial charge on any atom is -0.468 e. The summed E-state index contributed by atoms with van der Waals surface area (Å²) >= 11 is 0. The normalized spacial score (nSPS) is 11.5. The van der Waals surface area contributed by atoms with E-state index in [-0.39, 0.29) is 0 Å². The Morgan fingerprint density at radius 3 is 2.53 bits per heavy atom. The first-order valence-corrected chi connectivity index (χ1v) is 8.93. The molecule has 0 saturated heterocycles. The topological polar surface area (TPSA) is 18.5 Å². The van der Waals surface area contributed by atoms with Gasteiger partial charge >= 0.3 is 0 Å². The van der Waals surface area contributed by atoms with Gasteiger partial charge in [0.1, 0.15) is 5.75 Å². The quantitative estimate of drug-likeness (QED) is 0.565. The molecule has 1 rings (SSSR count). The fourth-order valence-electron chi connectivity index (χ4n) is 1.48. The van der Waals surface area contributed by atoms with E-state index in [1.807, 2.05) is 12.1 Å². The Balaban J connectivity index is 2.66. The number of benzene rings is 1. The van der Waals surface area contributed by atoms with Crippen LogP contribution < -0.4 is 4.74 Å². The maximum absolute atomic E-state index is 5.40. The number of rotatable bonds is 5. The number of hydrogen-bond donors (Lipinski definition) is 0. The zero-order valence-electron chi connectivity index (χ0n) is 10.0. The van der Waals surface area contributed by atoms with E-state index >= 15 is 0 Å². The van der Waals surface area contributed by atoms with Gasteiger partial charge in [0, 0.05) is 15.2 Å². The number of methoxy groups -OCH3 is 1. The average molecular weight is 224 g/mol. The van der Waals surface area contributed by atoms with Crippen LogP contribution in [0.4, 0.5) is 0 Å². The molecule has 0 aliphatic rings. The molecule has 0 aromatic heterocycles. The maximum atomic E-state index is 5.40. The first-order chi connectivity index (χ1) is 7.01. The number of ether oxygens (including phenoxy) is 2. The molecule has 0 amide bonds. The predicted octanol–water partition coefficient (Wildman–Crippen LogP) is 3.09. The summed E-state index contributed by atoms with van der Waals surface area (Å²) in [5.41, 5.74) is 1.36. The molecule has 2 nitrogen and oxygen atoms in total. The van der Waals surface area contributed by atoms with Crippen LogP contribution in [0.15, 0.2) is 24.3 Å².